The van der Waals surface area contributed by atoms with E-state index in [2.05, 4.69) is 11.9 Å². The molecule has 8 heteroatoms. The highest BCUT2D eigenvalue weighted by molar-refractivity contribution is 6.46. The molecule has 1 aromatic carbocycles. The lowest BCUT2D eigenvalue weighted by Gasteiger charge is -2.25. The monoisotopic (exact) mass is 505 g/mol. The Morgan fingerprint density at radius 2 is 1.89 bits per heavy atom. The summed E-state index contributed by atoms with van der Waals surface area (Å²) in [6, 6.07) is 10.5. The number of pyridine rings is 1. The van der Waals surface area contributed by atoms with Crippen molar-refractivity contribution in [3.63, 3.8) is 0 Å². The Kier molecular flexibility index (Phi) is 8.28. The first kappa shape index (κ1) is 26.4. The van der Waals surface area contributed by atoms with Crippen molar-refractivity contribution >= 4 is 23.1 Å². The summed E-state index contributed by atoms with van der Waals surface area (Å²) in [5.41, 5.74) is 3.34. The predicted octanol–water partition coefficient (Wildman–Crippen LogP) is 4.98. The number of methoxy groups -OCH3 is 1. The summed E-state index contributed by atoms with van der Waals surface area (Å²) in [6.45, 7) is 7.26. The molecule has 8 nitrogen and oxygen atoms in total. The summed E-state index contributed by atoms with van der Waals surface area (Å²) in [5.74, 6) is -0.972. The minimum absolute atomic E-state index is 0.0368. The number of hydrogen-bond acceptors (Lipinski definition) is 6. The maximum atomic E-state index is 13.4. The predicted molar refractivity (Wildman–Crippen MR) is 142 cm³/mol. The Morgan fingerprint density at radius 1 is 1.08 bits per heavy atom. The molecule has 0 spiro atoms. The molecule has 1 saturated heterocycles. The largest absolute Gasteiger partial charge is 0.505 e. The number of likely N-dealkylation sites (tertiary alicyclic amines) is 1. The van der Waals surface area contributed by atoms with Crippen LogP contribution in [0, 0.1) is 13.8 Å². The summed E-state index contributed by atoms with van der Waals surface area (Å²) >= 11 is 0. The lowest BCUT2D eigenvalue weighted by atomic mass is 9.96. The maximum Gasteiger partial charge on any atom is 0.295 e. The number of ketones is 1. The number of aliphatic hydroxyl groups excluding tert-OH is 1. The van der Waals surface area contributed by atoms with Gasteiger partial charge in [0, 0.05) is 26.5 Å². The van der Waals surface area contributed by atoms with Gasteiger partial charge in [0.2, 0.25) is 0 Å². The molecule has 0 saturated carbocycles. The first-order chi connectivity index (χ1) is 17.9. The Labute approximate surface area is 217 Å². The number of carbonyl (C=O) groups is 2. The zero-order valence-corrected chi connectivity index (χ0v) is 22.0. The van der Waals surface area contributed by atoms with Crippen molar-refractivity contribution < 1.29 is 24.2 Å². The fourth-order valence-corrected chi connectivity index (χ4v) is 4.83. The number of unbranched alkanes of at least 4 members (excludes halogenated alkanes) is 2. The third kappa shape index (κ3) is 5.25. The van der Waals surface area contributed by atoms with Crippen molar-refractivity contribution in [1.29, 1.82) is 0 Å². The van der Waals surface area contributed by atoms with E-state index in [-0.39, 0.29) is 11.3 Å². The average molecular weight is 506 g/mol. The number of aliphatic hydroxyl groups is 1. The van der Waals surface area contributed by atoms with E-state index in [1.807, 2.05) is 60.8 Å². The van der Waals surface area contributed by atoms with Crippen LogP contribution in [0.4, 0.5) is 0 Å². The van der Waals surface area contributed by atoms with E-state index in [9.17, 15) is 14.7 Å². The molecule has 0 radical (unpaired) electrons. The second kappa shape index (κ2) is 11.6. The van der Waals surface area contributed by atoms with E-state index in [4.69, 9.17) is 9.47 Å². The van der Waals surface area contributed by atoms with Crippen molar-refractivity contribution in [2.45, 2.75) is 52.5 Å². The second-order valence-corrected chi connectivity index (χ2v) is 9.40. The molecule has 2 aromatic heterocycles. The Balaban J connectivity index is 1.80. The molecule has 4 rings (SSSR count). The molecule has 37 heavy (non-hydrogen) atoms. The molecule has 1 amide bonds. The van der Waals surface area contributed by atoms with Gasteiger partial charge < -0.3 is 23.9 Å². The smallest absolute Gasteiger partial charge is 0.295 e. The average Bonchev–Trinajstić information content (AvgIpc) is 3.37. The van der Waals surface area contributed by atoms with Crippen LogP contribution >= 0.6 is 0 Å². The lowest BCUT2D eigenvalue weighted by molar-refractivity contribution is -0.140. The van der Waals surface area contributed by atoms with Crippen LogP contribution in [0.1, 0.15) is 61.2 Å². The van der Waals surface area contributed by atoms with Crippen LogP contribution in [0.5, 0.6) is 5.75 Å². The Bertz CT molecular complexity index is 1330. The van der Waals surface area contributed by atoms with Crippen molar-refractivity contribution in [1.82, 2.24) is 14.3 Å². The molecule has 196 valence electrons. The summed E-state index contributed by atoms with van der Waals surface area (Å²) in [5, 5.41) is 11.5. The van der Waals surface area contributed by atoms with Crippen LogP contribution in [0.3, 0.4) is 0 Å². The molecule has 1 N–H and O–H groups in total. The highest BCUT2D eigenvalue weighted by Crippen LogP contribution is 2.40. The quantitative estimate of drug-likeness (QED) is 0.171. The summed E-state index contributed by atoms with van der Waals surface area (Å²) in [4.78, 5) is 32.7. The van der Waals surface area contributed by atoms with Gasteiger partial charge in [-0.2, -0.15) is 0 Å². The molecule has 3 aromatic rings. The van der Waals surface area contributed by atoms with Crippen molar-refractivity contribution in [3.05, 3.63) is 70.7 Å². The van der Waals surface area contributed by atoms with E-state index < -0.39 is 17.7 Å². The van der Waals surface area contributed by atoms with Gasteiger partial charge in [0.05, 0.1) is 23.9 Å². The number of nitrogens with zero attached hydrogens (tertiary/aromatic N) is 3. The fraction of sp³-hybridized carbons (Fsp3) is 0.414. The van der Waals surface area contributed by atoms with Crippen molar-refractivity contribution in [2.24, 2.45) is 0 Å². The van der Waals surface area contributed by atoms with E-state index in [1.54, 1.807) is 7.11 Å². The topological polar surface area (TPSA) is 93.4 Å². The van der Waals surface area contributed by atoms with Crippen LogP contribution in [0.15, 0.2) is 48.2 Å². The first-order valence-electron chi connectivity index (χ1n) is 12.8. The van der Waals surface area contributed by atoms with Gasteiger partial charge in [-0.15, -0.1) is 0 Å². The number of amides is 1. The number of Topliss-reactive ketones (excluding diaryl/α,β-unsaturated/α-hetero) is 1. The number of hydrogen-bond donors (Lipinski definition) is 1. The van der Waals surface area contributed by atoms with E-state index in [0.29, 0.717) is 54.5 Å². The minimum atomic E-state index is -0.763. The zero-order chi connectivity index (χ0) is 26.5. The third-order valence-electron chi connectivity index (χ3n) is 6.79. The maximum absolute atomic E-state index is 13.4. The number of aryl methyl sites for hydroxylation is 2. The van der Waals surface area contributed by atoms with Crippen molar-refractivity contribution in [3.8, 4) is 5.75 Å². The zero-order valence-electron chi connectivity index (χ0n) is 22.0. The van der Waals surface area contributed by atoms with Gasteiger partial charge in [-0.1, -0.05) is 38.0 Å². The van der Waals surface area contributed by atoms with E-state index >= 15 is 0 Å². The fourth-order valence-electron chi connectivity index (χ4n) is 4.83. The molecular formula is C29H35N3O5. The van der Waals surface area contributed by atoms with Crippen molar-refractivity contribution in [2.75, 3.05) is 26.9 Å². The van der Waals surface area contributed by atoms with Crippen LogP contribution in [0.2, 0.25) is 0 Å². The van der Waals surface area contributed by atoms with E-state index in [1.165, 1.54) is 4.90 Å². The van der Waals surface area contributed by atoms with Gasteiger partial charge in [-0.05, 0) is 56.0 Å². The Morgan fingerprint density at radius 3 is 2.62 bits per heavy atom. The van der Waals surface area contributed by atoms with Crippen LogP contribution in [-0.4, -0.2) is 57.9 Å². The van der Waals surface area contributed by atoms with Gasteiger partial charge >= 0.3 is 0 Å². The number of carbonyl (C=O) groups excluding carboxylic acids is 2. The van der Waals surface area contributed by atoms with Gasteiger partial charge in [-0.25, -0.2) is 4.98 Å². The lowest BCUT2D eigenvalue weighted by Crippen LogP contribution is -2.31. The molecular weight excluding hydrogens is 470 g/mol. The molecule has 1 unspecified atom stereocenters. The Hall–Kier alpha value is -3.65. The highest BCUT2D eigenvalue weighted by atomic mass is 16.5. The number of aromatic nitrogens is 2. The third-order valence-corrected chi connectivity index (χ3v) is 6.79. The van der Waals surface area contributed by atoms with Gasteiger partial charge in [0.15, 0.2) is 5.76 Å². The number of fused-ring (bicyclic) bond motifs is 1. The number of rotatable bonds is 11. The molecule has 1 aliphatic heterocycles. The first-order valence-corrected chi connectivity index (χ1v) is 12.8. The van der Waals surface area contributed by atoms with Crippen LogP contribution in [0.25, 0.3) is 11.4 Å². The molecule has 1 aliphatic rings. The summed E-state index contributed by atoms with van der Waals surface area (Å²) in [7, 11) is 1.60. The van der Waals surface area contributed by atoms with Crippen LogP contribution in [-0.2, 0) is 14.3 Å². The highest BCUT2D eigenvalue weighted by Gasteiger charge is 2.46. The van der Waals surface area contributed by atoms with E-state index in [0.717, 1.165) is 24.8 Å². The van der Waals surface area contributed by atoms with Gasteiger partial charge in [0.25, 0.3) is 11.7 Å². The number of ether oxygens (including phenoxy) is 2. The summed E-state index contributed by atoms with van der Waals surface area (Å²) < 4.78 is 13.0. The molecule has 0 aliphatic carbocycles. The molecule has 0 bridgehead atoms. The molecule has 1 atom stereocenters. The standard InChI is InChI=1S/C29H35N3O5/c1-5-6-7-17-37-22-13-8-12-21(18-22)25-23(27(34)29(35)32(25)15-10-16-36-4)26(33)24-20(3)31-14-9-11-19(2)28(31)30-24/h8-9,11-14,18,25,33H,5-7,10,15-17H2,1-4H3. The minimum Gasteiger partial charge on any atom is -0.505 e. The normalized spacial score (nSPS) is 17.2. The van der Waals surface area contributed by atoms with Gasteiger partial charge in [-0.3, -0.25) is 9.59 Å². The summed E-state index contributed by atoms with van der Waals surface area (Å²) in [6.07, 6.45) is 5.54. The number of benzene rings is 1. The second-order valence-electron chi connectivity index (χ2n) is 9.40. The van der Waals surface area contributed by atoms with Gasteiger partial charge in [0.1, 0.15) is 17.1 Å². The number of imidazole rings is 1. The van der Waals surface area contributed by atoms with Crippen LogP contribution < -0.4 is 4.74 Å². The molecule has 3 heterocycles. The SMILES string of the molecule is CCCCCOc1cccc(C2C(=C(O)c3nc4c(C)cccn4c3C)C(=O)C(=O)N2CCCOC)c1. The molecule has 1 fully saturated rings.